The molecule has 2 N–H and O–H groups in total. The first-order valence-corrected chi connectivity index (χ1v) is 6.87. The van der Waals surface area contributed by atoms with E-state index in [-0.39, 0.29) is 12.1 Å². The first kappa shape index (κ1) is 12.2. The van der Waals surface area contributed by atoms with Crippen LogP contribution in [0.5, 0.6) is 5.75 Å². The average Bonchev–Trinajstić information content (AvgIpc) is 2.84. The molecule has 0 unspecified atom stereocenters. The second kappa shape index (κ2) is 5.06. The van der Waals surface area contributed by atoms with Crippen LogP contribution in [0.1, 0.15) is 42.1 Å². The normalized spacial score (nSPS) is 19.1. The Morgan fingerprint density at radius 1 is 1.11 bits per heavy atom. The Bertz CT molecular complexity index is 565. The van der Waals surface area contributed by atoms with Crippen molar-refractivity contribution in [2.24, 2.45) is 0 Å². The number of benzene rings is 2. The first-order valence-electron chi connectivity index (χ1n) is 6.87. The van der Waals surface area contributed by atoms with Gasteiger partial charge in [-0.25, -0.2) is 0 Å². The molecule has 2 aromatic rings. The maximum absolute atomic E-state index is 10.0. The molecule has 19 heavy (non-hydrogen) atoms. The van der Waals surface area contributed by atoms with Gasteiger partial charge in [0.15, 0.2) is 0 Å². The molecular weight excluding hydrogens is 234 g/mol. The van der Waals surface area contributed by atoms with Crippen molar-refractivity contribution in [3.63, 3.8) is 0 Å². The topological polar surface area (TPSA) is 32.3 Å². The van der Waals surface area contributed by atoms with E-state index in [0.717, 1.165) is 18.4 Å². The Morgan fingerprint density at radius 2 is 1.89 bits per heavy atom. The number of aromatic hydroxyl groups is 1. The molecule has 0 aliphatic heterocycles. The fraction of sp³-hybridized carbons (Fsp3) is 0.294. The van der Waals surface area contributed by atoms with E-state index in [9.17, 15) is 5.11 Å². The molecule has 0 bridgehead atoms. The van der Waals surface area contributed by atoms with Crippen LogP contribution < -0.4 is 5.32 Å². The van der Waals surface area contributed by atoms with Gasteiger partial charge in [-0.2, -0.15) is 0 Å². The third kappa shape index (κ3) is 2.36. The number of phenols is 1. The molecule has 2 atom stereocenters. The zero-order chi connectivity index (χ0) is 13.2. The lowest BCUT2D eigenvalue weighted by Gasteiger charge is -2.21. The van der Waals surface area contributed by atoms with E-state index in [2.05, 4.69) is 42.6 Å². The third-order valence-corrected chi connectivity index (χ3v) is 3.97. The van der Waals surface area contributed by atoms with Crippen molar-refractivity contribution < 1.29 is 5.11 Å². The van der Waals surface area contributed by atoms with Crippen molar-refractivity contribution in [2.45, 2.75) is 31.8 Å². The van der Waals surface area contributed by atoms with E-state index in [1.165, 1.54) is 11.1 Å². The average molecular weight is 253 g/mol. The second-order valence-corrected chi connectivity index (χ2v) is 5.24. The highest BCUT2D eigenvalue weighted by Gasteiger charge is 2.26. The van der Waals surface area contributed by atoms with Crippen molar-refractivity contribution in [1.82, 2.24) is 5.32 Å². The predicted octanol–water partition coefficient (Wildman–Crippen LogP) is 3.73. The molecule has 2 heteroatoms. The van der Waals surface area contributed by atoms with Crippen LogP contribution in [0, 0.1) is 0 Å². The summed E-state index contributed by atoms with van der Waals surface area (Å²) in [6.45, 7) is 2.17. The smallest absolute Gasteiger partial charge is 0.120 e. The zero-order valence-corrected chi connectivity index (χ0v) is 11.1. The largest absolute Gasteiger partial charge is 0.508 e. The van der Waals surface area contributed by atoms with Crippen LogP contribution >= 0.6 is 0 Å². The van der Waals surface area contributed by atoms with Crippen molar-refractivity contribution in [2.75, 3.05) is 0 Å². The Kier molecular flexibility index (Phi) is 3.26. The van der Waals surface area contributed by atoms with E-state index >= 15 is 0 Å². The Morgan fingerprint density at radius 3 is 2.68 bits per heavy atom. The Hall–Kier alpha value is -1.80. The van der Waals surface area contributed by atoms with Crippen LogP contribution in [-0.4, -0.2) is 5.11 Å². The van der Waals surface area contributed by atoms with Crippen LogP contribution in [0.25, 0.3) is 0 Å². The molecule has 0 saturated heterocycles. The number of hydrogen-bond acceptors (Lipinski definition) is 2. The highest BCUT2D eigenvalue weighted by molar-refractivity contribution is 5.44. The summed E-state index contributed by atoms with van der Waals surface area (Å²) in [5.41, 5.74) is 3.65. The number of hydrogen-bond donors (Lipinski definition) is 2. The van der Waals surface area contributed by atoms with Crippen LogP contribution in [-0.2, 0) is 6.42 Å². The molecule has 1 aliphatic carbocycles. The van der Waals surface area contributed by atoms with E-state index < -0.39 is 0 Å². The van der Waals surface area contributed by atoms with Crippen molar-refractivity contribution in [1.29, 1.82) is 0 Å². The molecule has 2 aromatic carbocycles. The van der Waals surface area contributed by atoms with Gasteiger partial charge in [0.2, 0.25) is 0 Å². The van der Waals surface area contributed by atoms with Crippen LogP contribution in [0.4, 0.5) is 0 Å². The summed E-state index contributed by atoms with van der Waals surface area (Å²) >= 11 is 0. The standard InChI is InChI=1S/C17H19NO/c1-12(13-6-3-2-4-7-13)18-15-11-10-14-8-5-9-16(19)17(14)15/h2-9,12,15,18-19H,10-11H2,1H3/t12-,15-/m0/s1. The molecule has 0 fully saturated rings. The summed E-state index contributed by atoms with van der Waals surface area (Å²) in [6.07, 6.45) is 2.10. The molecular formula is C17H19NO. The number of rotatable bonds is 3. The highest BCUT2D eigenvalue weighted by Crippen LogP contribution is 2.38. The van der Waals surface area contributed by atoms with Gasteiger partial charge in [-0.15, -0.1) is 0 Å². The molecule has 0 amide bonds. The number of aryl methyl sites for hydroxylation is 1. The lowest BCUT2D eigenvalue weighted by molar-refractivity contribution is 0.429. The van der Waals surface area contributed by atoms with Gasteiger partial charge in [0.25, 0.3) is 0 Å². The van der Waals surface area contributed by atoms with Crippen molar-refractivity contribution >= 4 is 0 Å². The molecule has 0 aromatic heterocycles. The lowest BCUT2D eigenvalue weighted by atomic mass is 10.0. The van der Waals surface area contributed by atoms with Crippen LogP contribution in [0.3, 0.4) is 0 Å². The van der Waals surface area contributed by atoms with E-state index in [0.29, 0.717) is 5.75 Å². The Balaban J connectivity index is 1.80. The van der Waals surface area contributed by atoms with Gasteiger partial charge in [-0.1, -0.05) is 42.5 Å². The van der Waals surface area contributed by atoms with E-state index in [1.54, 1.807) is 6.07 Å². The fourth-order valence-electron chi connectivity index (χ4n) is 2.97. The summed E-state index contributed by atoms with van der Waals surface area (Å²) < 4.78 is 0. The molecule has 3 rings (SSSR count). The van der Waals surface area contributed by atoms with Crippen molar-refractivity contribution in [3.8, 4) is 5.75 Å². The second-order valence-electron chi connectivity index (χ2n) is 5.24. The minimum absolute atomic E-state index is 0.256. The molecule has 0 radical (unpaired) electrons. The Labute approximate surface area is 114 Å². The van der Waals surface area contributed by atoms with Gasteiger partial charge < -0.3 is 10.4 Å². The van der Waals surface area contributed by atoms with Gasteiger partial charge in [-0.3, -0.25) is 0 Å². The van der Waals surface area contributed by atoms with Gasteiger partial charge in [0.1, 0.15) is 5.75 Å². The number of fused-ring (bicyclic) bond motifs is 1. The maximum atomic E-state index is 10.0. The van der Waals surface area contributed by atoms with E-state index in [1.807, 2.05) is 12.1 Å². The number of phenolic OH excluding ortho intramolecular Hbond substituents is 1. The van der Waals surface area contributed by atoms with Crippen LogP contribution in [0.2, 0.25) is 0 Å². The third-order valence-electron chi connectivity index (χ3n) is 3.97. The van der Waals surface area contributed by atoms with Gasteiger partial charge in [0.05, 0.1) is 0 Å². The highest BCUT2D eigenvalue weighted by atomic mass is 16.3. The zero-order valence-electron chi connectivity index (χ0n) is 11.1. The minimum Gasteiger partial charge on any atom is -0.508 e. The van der Waals surface area contributed by atoms with Gasteiger partial charge in [0, 0.05) is 17.6 Å². The summed E-state index contributed by atoms with van der Waals surface area (Å²) in [7, 11) is 0. The monoisotopic (exact) mass is 253 g/mol. The van der Waals surface area contributed by atoms with Gasteiger partial charge in [-0.05, 0) is 37.0 Å². The molecule has 0 heterocycles. The summed E-state index contributed by atoms with van der Waals surface area (Å²) in [4.78, 5) is 0. The minimum atomic E-state index is 0.256. The summed E-state index contributed by atoms with van der Waals surface area (Å²) in [6, 6.07) is 16.8. The van der Waals surface area contributed by atoms with Crippen molar-refractivity contribution in [3.05, 3.63) is 65.2 Å². The maximum Gasteiger partial charge on any atom is 0.120 e. The molecule has 1 aliphatic rings. The lowest BCUT2D eigenvalue weighted by Crippen LogP contribution is -2.23. The summed E-state index contributed by atoms with van der Waals surface area (Å²) in [5, 5.41) is 13.7. The SMILES string of the molecule is C[C@H](N[C@H]1CCc2cccc(O)c21)c1ccccc1. The molecule has 0 saturated carbocycles. The van der Waals surface area contributed by atoms with Crippen LogP contribution in [0.15, 0.2) is 48.5 Å². The molecule has 0 spiro atoms. The predicted molar refractivity (Wildman–Crippen MR) is 77.2 cm³/mol. The quantitative estimate of drug-likeness (QED) is 0.873. The summed E-state index contributed by atoms with van der Waals surface area (Å²) in [5.74, 6) is 0.424. The molecule has 2 nitrogen and oxygen atoms in total. The first-order chi connectivity index (χ1) is 9.25. The fourth-order valence-corrected chi connectivity index (χ4v) is 2.97. The van der Waals surface area contributed by atoms with E-state index in [4.69, 9.17) is 0 Å². The molecule has 98 valence electrons. The number of nitrogens with one attached hydrogen (secondary N) is 1. The van der Waals surface area contributed by atoms with Gasteiger partial charge >= 0.3 is 0 Å².